The minimum absolute atomic E-state index is 0.224. The van der Waals surface area contributed by atoms with Crippen molar-refractivity contribution >= 4 is 46.6 Å². The number of rotatable bonds is 8. The van der Waals surface area contributed by atoms with Gasteiger partial charge in [-0.05, 0) is 6.07 Å². The number of amides is 1. The Labute approximate surface area is 167 Å². The Hall–Kier alpha value is -2.29. The lowest BCUT2D eigenvalue weighted by atomic mass is 10.1. The van der Waals surface area contributed by atoms with E-state index in [0.717, 1.165) is 0 Å². The van der Waals surface area contributed by atoms with Crippen LogP contribution in [0.1, 0.15) is 10.4 Å². The van der Waals surface area contributed by atoms with Gasteiger partial charge in [-0.15, -0.1) is 0 Å². The van der Waals surface area contributed by atoms with Crippen molar-refractivity contribution in [3.63, 3.8) is 0 Å². The molecule has 146 valence electrons. The number of ether oxygens (including phenoxy) is 2. The highest BCUT2D eigenvalue weighted by Crippen LogP contribution is 2.33. The Bertz CT molecular complexity index is 819. The molecule has 1 aromatic heterocycles. The molecule has 0 aliphatic heterocycles. The van der Waals surface area contributed by atoms with Gasteiger partial charge >= 0.3 is 0 Å². The Morgan fingerprint density at radius 1 is 1.26 bits per heavy atom. The van der Waals surface area contributed by atoms with Crippen LogP contribution in [-0.4, -0.2) is 62.2 Å². The number of anilines is 3. The predicted octanol–water partition coefficient (Wildman–Crippen LogP) is 3.30. The van der Waals surface area contributed by atoms with Crippen molar-refractivity contribution in [3.05, 3.63) is 33.9 Å². The quantitative estimate of drug-likeness (QED) is 0.685. The first kappa shape index (κ1) is 21.0. The molecule has 0 saturated carbocycles. The van der Waals surface area contributed by atoms with Crippen molar-refractivity contribution in [1.29, 1.82) is 0 Å². The molecule has 8 nitrogen and oxygen atoms in total. The van der Waals surface area contributed by atoms with Gasteiger partial charge in [-0.25, -0.2) is 4.98 Å². The van der Waals surface area contributed by atoms with E-state index in [1.807, 2.05) is 0 Å². The van der Waals surface area contributed by atoms with E-state index in [1.54, 1.807) is 33.3 Å². The summed E-state index contributed by atoms with van der Waals surface area (Å²) < 4.78 is 10.4. The molecule has 27 heavy (non-hydrogen) atoms. The molecule has 0 spiro atoms. The average molecular weight is 414 g/mol. The number of benzene rings is 1. The fraction of sp³-hybridized carbons (Fsp3) is 0.353. The van der Waals surface area contributed by atoms with E-state index in [1.165, 1.54) is 18.2 Å². The maximum absolute atomic E-state index is 12.6. The number of hydrogen-bond donors (Lipinski definition) is 2. The SMILES string of the molecule is CNc1nc(Nc2cc(OC)c(C(=O)N(C)CCOC)cc2Cl)ncc1Cl. The molecular weight excluding hydrogens is 393 g/mol. The molecule has 0 fully saturated rings. The van der Waals surface area contributed by atoms with E-state index in [2.05, 4.69) is 20.6 Å². The zero-order valence-electron chi connectivity index (χ0n) is 15.5. The fourth-order valence-electron chi connectivity index (χ4n) is 2.24. The second-order valence-electron chi connectivity index (χ2n) is 5.52. The van der Waals surface area contributed by atoms with Gasteiger partial charge in [0.2, 0.25) is 5.95 Å². The van der Waals surface area contributed by atoms with E-state index >= 15 is 0 Å². The Morgan fingerprint density at radius 2 is 2.00 bits per heavy atom. The summed E-state index contributed by atoms with van der Waals surface area (Å²) in [6, 6.07) is 3.17. The summed E-state index contributed by atoms with van der Waals surface area (Å²) in [6.07, 6.45) is 1.47. The first-order chi connectivity index (χ1) is 12.9. The molecule has 10 heteroatoms. The molecule has 0 saturated heterocycles. The second-order valence-corrected chi connectivity index (χ2v) is 6.33. The molecule has 0 aliphatic carbocycles. The molecule has 0 bridgehead atoms. The number of nitrogens with zero attached hydrogens (tertiary/aromatic N) is 3. The zero-order valence-corrected chi connectivity index (χ0v) is 17.0. The van der Waals surface area contributed by atoms with E-state index in [0.29, 0.717) is 52.0 Å². The lowest BCUT2D eigenvalue weighted by molar-refractivity contribution is 0.0741. The molecule has 0 unspecified atom stereocenters. The van der Waals surface area contributed by atoms with Gasteiger partial charge < -0.3 is 25.0 Å². The molecule has 0 atom stereocenters. The average Bonchev–Trinajstić information content (AvgIpc) is 2.68. The van der Waals surface area contributed by atoms with Crippen LogP contribution in [0.2, 0.25) is 10.0 Å². The van der Waals surface area contributed by atoms with Gasteiger partial charge in [0, 0.05) is 33.8 Å². The van der Waals surface area contributed by atoms with Crippen LogP contribution in [0.3, 0.4) is 0 Å². The zero-order chi connectivity index (χ0) is 20.0. The molecule has 0 radical (unpaired) electrons. The maximum atomic E-state index is 12.6. The van der Waals surface area contributed by atoms with Crippen LogP contribution in [0, 0.1) is 0 Å². The topological polar surface area (TPSA) is 88.6 Å². The second kappa shape index (κ2) is 9.59. The van der Waals surface area contributed by atoms with Crippen LogP contribution in [0.4, 0.5) is 17.5 Å². The van der Waals surface area contributed by atoms with Crippen LogP contribution < -0.4 is 15.4 Å². The maximum Gasteiger partial charge on any atom is 0.257 e. The van der Waals surface area contributed by atoms with Crippen LogP contribution in [0.25, 0.3) is 0 Å². The fourth-order valence-corrected chi connectivity index (χ4v) is 2.64. The monoisotopic (exact) mass is 413 g/mol. The summed E-state index contributed by atoms with van der Waals surface area (Å²) in [4.78, 5) is 22.5. The van der Waals surface area contributed by atoms with Gasteiger partial charge in [-0.2, -0.15) is 4.98 Å². The third-order valence-electron chi connectivity index (χ3n) is 3.72. The summed E-state index contributed by atoms with van der Waals surface area (Å²) in [6.45, 7) is 0.876. The summed E-state index contributed by atoms with van der Waals surface area (Å²) in [5, 5.41) is 6.59. The first-order valence-corrected chi connectivity index (χ1v) is 8.76. The van der Waals surface area contributed by atoms with Crippen molar-refractivity contribution in [1.82, 2.24) is 14.9 Å². The highest BCUT2D eigenvalue weighted by atomic mass is 35.5. The number of carbonyl (C=O) groups excluding carboxylic acids is 1. The summed E-state index contributed by atoms with van der Waals surface area (Å²) in [7, 11) is 6.45. The number of aromatic nitrogens is 2. The molecular formula is C17H21Cl2N5O3. The highest BCUT2D eigenvalue weighted by Gasteiger charge is 2.19. The van der Waals surface area contributed by atoms with Gasteiger partial charge in [-0.3, -0.25) is 4.79 Å². The van der Waals surface area contributed by atoms with Crippen LogP contribution in [-0.2, 0) is 4.74 Å². The molecule has 0 aliphatic rings. The third-order valence-corrected chi connectivity index (χ3v) is 4.31. The molecule has 2 N–H and O–H groups in total. The number of nitrogens with one attached hydrogen (secondary N) is 2. The van der Waals surface area contributed by atoms with Crippen LogP contribution in [0.5, 0.6) is 5.75 Å². The molecule has 1 amide bonds. The van der Waals surface area contributed by atoms with E-state index in [4.69, 9.17) is 32.7 Å². The van der Waals surface area contributed by atoms with Crippen molar-refractivity contribution in [2.24, 2.45) is 0 Å². The van der Waals surface area contributed by atoms with Gasteiger partial charge in [0.05, 0.1) is 36.2 Å². The van der Waals surface area contributed by atoms with Crippen molar-refractivity contribution < 1.29 is 14.3 Å². The van der Waals surface area contributed by atoms with Crippen LogP contribution in [0.15, 0.2) is 18.3 Å². The minimum Gasteiger partial charge on any atom is -0.496 e. The normalized spacial score (nSPS) is 10.4. The molecule has 1 aromatic carbocycles. The van der Waals surface area contributed by atoms with Crippen molar-refractivity contribution in [2.45, 2.75) is 0 Å². The lowest BCUT2D eigenvalue weighted by Crippen LogP contribution is -2.30. The largest absolute Gasteiger partial charge is 0.496 e. The van der Waals surface area contributed by atoms with Crippen molar-refractivity contribution in [3.8, 4) is 5.75 Å². The van der Waals surface area contributed by atoms with E-state index in [-0.39, 0.29) is 5.91 Å². The number of carbonyl (C=O) groups is 1. The molecule has 2 aromatic rings. The van der Waals surface area contributed by atoms with E-state index < -0.39 is 0 Å². The van der Waals surface area contributed by atoms with Crippen LogP contribution >= 0.6 is 23.2 Å². The third kappa shape index (κ3) is 5.12. The Balaban J connectivity index is 2.31. The summed E-state index contributed by atoms with van der Waals surface area (Å²) in [5.74, 6) is 0.921. The van der Waals surface area contributed by atoms with Gasteiger partial charge in [0.25, 0.3) is 5.91 Å². The Kier molecular flexibility index (Phi) is 7.46. The number of hydrogen-bond acceptors (Lipinski definition) is 7. The van der Waals surface area contributed by atoms with Gasteiger partial charge in [-0.1, -0.05) is 23.2 Å². The predicted molar refractivity (Wildman–Crippen MR) is 107 cm³/mol. The smallest absolute Gasteiger partial charge is 0.257 e. The summed E-state index contributed by atoms with van der Waals surface area (Å²) >= 11 is 12.3. The van der Waals surface area contributed by atoms with Gasteiger partial charge in [0.1, 0.15) is 16.6 Å². The highest BCUT2D eigenvalue weighted by molar-refractivity contribution is 6.34. The molecule has 1 heterocycles. The summed E-state index contributed by atoms with van der Waals surface area (Å²) in [5.41, 5.74) is 0.841. The van der Waals surface area contributed by atoms with Crippen molar-refractivity contribution in [2.75, 3.05) is 52.1 Å². The Morgan fingerprint density at radius 3 is 2.63 bits per heavy atom. The lowest BCUT2D eigenvalue weighted by Gasteiger charge is -2.19. The number of methoxy groups -OCH3 is 2. The first-order valence-electron chi connectivity index (χ1n) is 8.00. The minimum atomic E-state index is -0.224. The number of likely N-dealkylation sites (N-methyl/N-ethyl adjacent to an activating group) is 1. The van der Waals surface area contributed by atoms with Gasteiger partial charge in [0.15, 0.2) is 0 Å². The number of halogens is 2. The van der Waals surface area contributed by atoms with E-state index in [9.17, 15) is 4.79 Å². The standard InChI is InChI=1S/C17H21Cl2N5O3/c1-20-15-12(19)9-21-17(23-15)22-13-8-14(27-4)10(7-11(13)18)16(25)24(2)5-6-26-3/h7-9H,5-6H2,1-4H3,(H2,20,21,22,23). The molecule has 2 rings (SSSR count).